The predicted molar refractivity (Wildman–Crippen MR) is 112 cm³/mol. The number of nitrogens with one attached hydrogen (secondary N) is 2. The van der Waals surface area contributed by atoms with E-state index in [2.05, 4.69) is 15.4 Å². The molecule has 0 bridgehead atoms. The van der Waals surface area contributed by atoms with Crippen LogP contribution in [0.4, 0.5) is 17.1 Å². The van der Waals surface area contributed by atoms with Crippen LogP contribution in [0.15, 0.2) is 60.3 Å². The van der Waals surface area contributed by atoms with Gasteiger partial charge in [0.25, 0.3) is 5.91 Å². The van der Waals surface area contributed by atoms with Gasteiger partial charge in [0.15, 0.2) is 0 Å². The number of aryl methyl sites for hydroxylation is 1. The Balaban J connectivity index is 1.84. The molecule has 0 aliphatic carbocycles. The number of ether oxygens (including phenoxy) is 1. The molecule has 0 unspecified atom stereocenters. The molecule has 29 heavy (non-hydrogen) atoms. The molecule has 1 heterocycles. The Bertz CT molecular complexity index is 968. The lowest BCUT2D eigenvalue weighted by atomic mass is 10.1. The maximum Gasteiger partial charge on any atom is 0.311 e. The van der Waals surface area contributed by atoms with Gasteiger partial charge in [-0.1, -0.05) is 37.3 Å². The minimum absolute atomic E-state index is 0.0690. The first kappa shape index (κ1) is 20.1. The minimum atomic E-state index is -0.462. The lowest BCUT2D eigenvalue weighted by Gasteiger charge is -2.22. The fourth-order valence-corrected chi connectivity index (χ4v) is 3.14. The molecule has 7 heteroatoms. The fraction of sp³-hybridized carbons (Fsp3) is 0.227. The summed E-state index contributed by atoms with van der Waals surface area (Å²) in [5, 5.41) is 5.98. The summed E-state index contributed by atoms with van der Waals surface area (Å²) in [7, 11) is 1.29. The largest absolute Gasteiger partial charge is 0.469 e. The van der Waals surface area contributed by atoms with Crippen molar-refractivity contribution in [2.45, 2.75) is 19.8 Å². The van der Waals surface area contributed by atoms with E-state index in [1.165, 1.54) is 18.1 Å². The molecule has 150 valence electrons. The van der Waals surface area contributed by atoms with Gasteiger partial charge in [-0.05, 0) is 30.2 Å². The second kappa shape index (κ2) is 9.05. The summed E-state index contributed by atoms with van der Waals surface area (Å²) >= 11 is 0. The Morgan fingerprint density at radius 1 is 1.10 bits per heavy atom. The zero-order valence-corrected chi connectivity index (χ0v) is 16.4. The first-order chi connectivity index (χ1) is 14.0. The molecule has 2 aromatic rings. The van der Waals surface area contributed by atoms with Crippen LogP contribution >= 0.6 is 0 Å². The van der Waals surface area contributed by atoms with Gasteiger partial charge in [0.2, 0.25) is 5.91 Å². The molecular formula is C22H23N3O4. The van der Waals surface area contributed by atoms with Gasteiger partial charge in [-0.3, -0.25) is 19.3 Å². The number of para-hydroxylation sites is 3. The van der Waals surface area contributed by atoms with Gasteiger partial charge in [0, 0.05) is 17.5 Å². The third kappa shape index (κ3) is 4.82. The highest BCUT2D eigenvalue weighted by Crippen LogP contribution is 2.30. The third-order valence-corrected chi connectivity index (χ3v) is 4.59. The molecule has 7 nitrogen and oxygen atoms in total. The van der Waals surface area contributed by atoms with Gasteiger partial charge in [-0.25, -0.2) is 0 Å². The second-order valence-electron chi connectivity index (χ2n) is 6.55. The molecule has 0 fully saturated rings. The number of benzene rings is 2. The Kier molecular flexibility index (Phi) is 6.29. The average Bonchev–Trinajstić information content (AvgIpc) is 2.84. The van der Waals surface area contributed by atoms with Crippen molar-refractivity contribution in [2.75, 3.05) is 29.2 Å². The van der Waals surface area contributed by atoms with Crippen LogP contribution in [0.1, 0.15) is 18.9 Å². The maximum absolute atomic E-state index is 12.8. The molecule has 0 saturated heterocycles. The molecule has 1 aliphatic rings. The summed E-state index contributed by atoms with van der Waals surface area (Å²) in [6.45, 7) is 1.86. The number of carbonyl (C=O) groups excluding carboxylic acids is 3. The fourth-order valence-electron chi connectivity index (χ4n) is 3.14. The first-order valence-corrected chi connectivity index (χ1v) is 9.34. The zero-order valence-electron chi connectivity index (χ0n) is 16.4. The van der Waals surface area contributed by atoms with Crippen LogP contribution in [0.5, 0.6) is 0 Å². The lowest BCUT2D eigenvalue weighted by Crippen LogP contribution is -2.37. The van der Waals surface area contributed by atoms with Crippen LogP contribution in [0, 0.1) is 0 Å². The standard InChI is InChI=1S/C22H23N3O4/c1-3-15-8-4-5-9-17(15)24-20(26)14-25-19-11-7-6-10-18(19)23-16(12-21(25)27)13-22(28)29-2/h4-12,23H,3,13-14H2,1-2H3,(H,24,26). The molecule has 1 aliphatic heterocycles. The van der Waals surface area contributed by atoms with E-state index in [4.69, 9.17) is 0 Å². The molecule has 0 aromatic heterocycles. The summed E-state index contributed by atoms with van der Waals surface area (Å²) in [6, 6.07) is 14.7. The topological polar surface area (TPSA) is 87.7 Å². The van der Waals surface area contributed by atoms with E-state index in [1.807, 2.05) is 37.3 Å². The van der Waals surface area contributed by atoms with Crippen molar-refractivity contribution in [3.8, 4) is 0 Å². The van der Waals surface area contributed by atoms with Crippen LogP contribution in [0.2, 0.25) is 0 Å². The van der Waals surface area contributed by atoms with E-state index < -0.39 is 5.97 Å². The second-order valence-corrected chi connectivity index (χ2v) is 6.55. The quantitative estimate of drug-likeness (QED) is 0.737. The SMILES string of the molecule is CCc1ccccc1NC(=O)CN1C(=O)C=C(CC(=O)OC)Nc2ccccc21. The van der Waals surface area contributed by atoms with E-state index in [-0.39, 0.29) is 24.8 Å². The number of hydrogen-bond acceptors (Lipinski definition) is 5. The van der Waals surface area contributed by atoms with Gasteiger partial charge in [-0.15, -0.1) is 0 Å². The van der Waals surface area contributed by atoms with Gasteiger partial charge >= 0.3 is 5.97 Å². The molecule has 2 aromatic carbocycles. The van der Waals surface area contributed by atoms with Gasteiger partial charge < -0.3 is 15.4 Å². The van der Waals surface area contributed by atoms with E-state index in [1.54, 1.807) is 18.2 Å². The summed E-state index contributed by atoms with van der Waals surface area (Å²) in [4.78, 5) is 38.6. The third-order valence-electron chi connectivity index (χ3n) is 4.59. The van der Waals surface area contributed by atoms with Gasteiger partial charge in [-0.2, -0.15) is 0 Å². The molecule has 0 radical (unpaired) electrons. The van der Waals surface area contributed by atoms with Crippen molar-refractivity contribution in [2.24, 2.45) is 0 Å². The van der Waals surface area contributed by atoms with Crippen LogP contribution < -0.4 is 15.5 Å². The summed E-state index contributed by atoms with van der Waals surface area (Å²) < 4.78 is 4.69. The van der Waals surface area contributed by atoms with Crippen molar-refractivity contribution >= 4 is 34.8 Å². The summed E-state index contributed by atoms with van der Waals surface area (Å²) in [5.41, 5.74) is 3.36. The molecule has 2 N–H and O–H groups in total. The monoisotopic (exact) mass is 393 g/mol. The smallest absolute Gasteiger partial charge is 0.311 e. The Morgan fingerprint density at radius 3 is 2.59 bits per heavy atom. The maximum atomic E-state index is 12.8. The number of anilines is 3. The van der Waals surface area contributed by atoms with Crippen LogP contribution in [0.25, 0.3) is 0 Å². The predicted octanol–water partition coefficient (Wildman–Crippen LogP) is 3.09. The number of hydrogen-bond donors (Lipinski definition) is 2. The average molecular weight is 393 g/mol. The number of amides is 2. The summed E-state index contributed by atoms with van der Waals surface area (Å²) in [6.07, 6.45) is 2.04. The van der Waals surface area contributed by atoms with Crippen molar-refractivity contribution in [3.05, 3.63) is 65.9 Å². The minimum Gasteiger partial charge on any atom is -0.469 e. The van der Waals surface area contributed by atoms with Crippen molar-refractivity contribution < 1.29 is 19.1 Å². The molecule has 3 rings (SSSR count). The van der Waals surface area contributed by atoms with Crippen molar-refractivity contribution in [3.63, 3.8) is 0 Å². The van der Waals surface area contributed by atoms with Crippen LogP contribution in [0.3, 0.4) is 0 Å². The highest BCUT2D eigenvalue weighted by molar-refractivity contribution is 6.10. The number of esters is 1. The molecule has 0 atom stereocenters. The van der Waals surface area contributed by atoms with Gasteiger partial charge in [0.05, 0.1) is 24.9 Å². The number of rotatable bonds is 6. The lowest BCUT2D eigenvalue weighted by molar-refractivity contribution is -0.139. The van der Waals surface area contributed by atoms with Crippen molar-refractivity contribution in [1.29, 1.82) is 0 Å². The van der Waals surface area contributed by atoms with Crippen LogP contribution in [-0.2, 0) is 25.5 Å². The first-order valence-electron chi connectivity index (χ1n) is 9.34. The molecule has 0 saturated carbocycles. The van der Waals surface area contributed by atoms with Gasteiger partial charge in [0.1, 0.15) is 6.54 Å². The summed E-state index contributed by atoms with van der Waals surface area (Å²) in [5.74, 6) is -1.16. The highest BCUT2D eigenvalue weighted by atomic mass is 16.5. The highest BCUT2D eigenvalue weighted by Gasteiger charge is 2.25. The normalized spacial score (nSPS) is 13.0. The van der Waals surface area contributed by atoms with Crippen LogP contribution in [-0.4, -0.2) is 31.4 Å². The molecule has 0 spiro atoms. The number of methoxy groups -OCH3 is 1. The Labute approximate surface area is 169 Å². The number of fused-ring (bicyclic) bond motifs is 1. The molecule has 2 amide bonds. The van der Waals surface area contributed by atoms with E-state index in [0.29, 0.717) is 17.1 Å². The van der Waals surface area contributed by atoms with E-state index in [0.717, 1.165) is 17.7 Å². The molecular weight excluding hydrogens is 370 g/mol. The number of nitrogens with zero attached hydrogens (tertiary/aromatic N) is 1. The zero-order chi connectivity index (χ0) is 20.8. The Morgan fingerprint density at radius 2 is 1.83 bits per heavy atom. The Hall–Kier alpha value is -3.61. The number of carbonyl (C=O) groups is 3. The van der Waals surface area contributed by atoms with E-state index >= 15 is 0 Å². The van der Waals surface area contributed by atoms with E-state index in [9.17, 15) is 14.4 Å². The van der Waals surface area contributed by atoms with Crippen molar-refractivity contribution in [1.82, 2.24) is 0 Å².